The number of nitrogens with one attached hydrogen (secondary N) is 3. The second kappa shape index (κ2) is 11.5. The number of hydrogen-bond donors (Lipinski definition) is 3. The molecule has 3 N–H and O–H groups in total. The molecule has 0 saturated carbocycles. The van der Waals surface area contributed by atoms with E-state index in [1.807, 2.05) is 20.8 Å². The molecular weight excluding hydrogens is 499 g/mol. The van der Waals surface area contributed by atoms with Crippen LogP contribution < -0.4 is 15.4 Å². The summed E-state index contributed by atoms with van der Waals surface area (Å²) in [6.45, 7) is 7.67. The Balaban J connectivity index is 0.00000576. The molecule has 7 nitrogen and oxygen atoms in total. The van der Waals surface area contributed by atoms with Gasteiger partial charge in [0.2, 0.25) is 10.0 Å². The summed E-state index contributed by atoms with van der Waals surface area (Å²) in [6, 6.07) is 3.05. The van der Waals surface area contributed by atoms with Gasteiger partial charge in [0.1, 0.15) is 4.21 Å². The van der Waals surface area contributed by atoms with Crippen molar-refractivity contribution < 1.29 is 13.2 Å². The van der Waals surface area contributed by atoms with Crippen LogP contribution >= 0.6 is 46.9 Å². The molecular formula is C14H26ClIN4O3S2. The van der Waals surface area contributed by atoms with Gasteiger partial charge >= 0.3 is 0 Å². The molecule has 0 aliphatic carbocycles. The van der Waals surface area contributed by atoms with Gasteiger partial charge in [-0.25, -0.2) is 13.1 Å². The van der Waals surface area contributed by atoms with Crippen LogP contribution in [0.3, 0.4) is 0 Å². The van der Waals surface area contributed by atoms with Crippen molar-refractivity contribution in [2.75, 3.05) is 33.3 Å². The van der Waals surface area contributed by atoms with E-state index < -0.39 is 10.0 Å². The Bertz CT molecular complexity index is 650. The number of halogens is 2. The molecule has 1 aromatic heterocycles. The number of ether oxygens (including phenoxy) is 1. The van der Waals surface area contributed by atoms with Crippen molar-refractivity contribution >= 4 is 62.9 Å². The van der Waals surface area contributed by atoms with Gasteiger partial charge in [-0.15, -0.1) is 35.3 Å². The number of aliphatic imine (C=N–C) groups is 1. The summed E-state index contributed by atoms with van der Waals surface area (Å²) in [5, 5.41) is 6.18. The van der Waals surface area contributed by atoms with Crippen LogP contribution in [0.15, 0.2) is 21.3 Å². The number of thiophene rings is 1. The third-order valence-electron chi connectivity index (χ3n) is 3.04. The van der Waals surface area contributed by atoms with Crippen molar-refractivity contribution in [2.45, 2.75) is 30.6 Å². The zero-order valence-electron chi connectivity index (χ0n) is 14.8. The second-order valence-corrected chi connectivity index (χ2v) is 9.25. The fourth-order valence-corrected chi connectivity index (χ4v) is 4.11. The van der Waals surface area contributed by atoms with Gasteiger partial charge in [0.15, 0.2) is 5.96 Å². The molecule has 0 fully saturated rings. The summed E-state index contributed by atoms with van der Waals surface area (Å²) in [7, 11) is -1.88. The van der Waals surface area contributed by atoms with E-state index >= 15 is 0 Å². The monoisotopic (exact) mass is 524 g/mol. The smallest absolute Gasteiger partial charge is 0.250 e. The number of hydrogen-bond acceptors (Lipinski definition) is 5. The fraction of sp³-hybridized carbons (Fsp3) is 0.643. The van der Waals surface area contributed by atoms with E-state index in [-0.39, 0.29) is 40.3 Å². The lowest BCUT2D eigenvalue weighted by Gasteiger charge is -2.21. The number of rotatable bonds is 9. The number of guanidine groups is 1. The van der Waals surface area contributed by atoms with Gasteiger partial charge in [0, 0.05) is 26.7 Å². The SMILES string of the molecule is CCNC(=NCC(C)(C)OC)NCCNS(=O)(=O)c1ccc(Cl)s1.I. The molecule has 0 bridgehead atoms. The van der Waals surface area contributed by atoms with Crippen LogP contribution in [0.5, 0.6) is 0 Å². The van der Waals surface area contributed by atoms with Gasteiger partial charge in [-0.05, 0) is 32.9 Å². The Morgan fingerprint density at radius 3 is 2.52 bits per heavy atom. The normalized spacial score (nSPS) is 12.6. The molecule has 146 valence electrons. The Labute approximate surface area is 176 Å². The second-order valence-electron chi connectivity index (χ2n) is 5.54. The van der Waals surface area contributed by atoms with Crippen molar-refractivity contribution in [3.05, 3.63) is 16.5 Å². The first kappa shape index (κ1) is 24.9. The van der Waals surface area contributed by atoms with Crippen LogP contribution in [-0.4, -0.2) is 53.3 Å². The summed E-state index contributed by atoms with van der Waals surface area (Å²) in [6.07, 6.45) is 0. The average Bonchev–Trinajstić information content (AvgIpc) is 2.96. The van der Waals surface area contributed by atoms with Crippen LogP contribution in [0.4, 0.5) is 0 Å². The quantitative estimate of drug-likeness (QED) is 0.200. The maximum atomic E-state index is 12.1. The zero-order valence-corrected chi connectivity index (χ0v) is 19.5. The first-order valence-corrected chi connectivity index (χ1v) is 10.2. The molecule has 1 aromatic rings. The Hall–Kier alpha value is -0.140. The molecule has 0 saturated heterocycles. The highest BCUT2D eigenvalue weighted by atomic mass is 127. The van der Waals surface area contributed by atoms with Gasteiger partial charge in [0.05, 0.1) is 16.5 Å². The fourth-order valence-electron chi connectivity index (χ4n) is 1.56. The van der Waals surface area contributed by atoms with E-state index in [1.165, 1.54) is 6.07 Å². The van der Waals surface area contributed by atoms with E-state index in [0.717, 1.165) is 11.3 Å². The minimum atomic E-state index is -3.53. The first-order valence-electron chi connectivity index (χ1n) is 7.52. The third kappa shape index (κ3) is 9.38. The average molecular weight is 525 g/mol. The van der Waals surface area contributed by atoms with E-state index in [4.69, 9.17) is 16.3 Å². The highest BCUT2D eigenvalue weighted by molar-refractivity contribution is 14.0. The predicted molar refractivity (Wildman–Crippen MR) is 115 cm³/mol. The van der Waals surface area contributed by atoms with Crippen molar-refractivity contribution in [1.82, 2.24) is 15.4 Å². The minimum absolute atomic E-state index is 0. The first-order chi connectivity index (χ1) is 11.2. The highest BCUT2D eigenvalue weighted by Gasteiger charge is 2.17. The summed E-state index contributed by atoms with van der Waals surface area (Å²) in [5.74, 6) is 0.612. The van der Waals surface area contributed by atoms with Gasteiger partial charge < -0.3 is 15.4 Å². The van der Waals surface area contributed by atoms with Crippen LogP contribution in [0.25, 0.3) is 0 Å². The standard InChI is InChI=1S/C14H25ClN4O3S2.HI/c1-5-16-13(18-10-14(2,3)22-4)17-8-9-19-24(20,21)12-7-6-11(15)23-12;/h6-7,19H,5,8-10H2,1-4H3,(H2,16,17,18);1H. The summed E-state index contributed by atoms with van der Waals surface area (Å²) in [4.78, 5) is 4.43. The van der Waals surface area contributed by atoms with Gasteiger partial charge in [-0.3, -0.25) is 4.99 Å². The van der Waals surface area contributed by atoms with Crippen molar-refractivity contribution in [2.24, 2.45) is 4.99 Å². The van der Waals surface area contributed by atoms with Crippen LogP contribution in [0.1, 0.15) is 20.8 Å². The molecule has 0 aliphatic heterocycles. The molecule has 1 heterocycles. The van der Waals surface area contributed by atoms with Gasteiger partial charge in [-0.2, -0.15) is 0 Å². The lowest BCUT2D eigenvalue weighted by atomic mass is 10.1. The van der Waals surface area contributed by atoms with E-state index in [9.17, 15) is 8.42 Å². The van der Waals surface area contributed by atoms with E-state index in [1.54, 1.807) is 13.2 Å². The largest absolute Gasteiger partial charge is 0.377 e. The van der Waals surface area contributed by atoms with E-state index in [0.29, 0.717) is 29.9 Å². The summed E-state index contributed by atoms with van der Waals surface area (Å²) >= 11 is 6.79. The lowest BCUT2D eigenvalue weighted by molar-refractivity contribution is 0.0310. The maximum Gasteiger partial charge on any atom is 0.250 e. The van der Waals surface area contributed by atoms with Crippen LogP contribution in [-0.2, 0) is 14.8 Å². The van der Waals surface area contributed by atoms with Gasteiger partial charge in [0.25, 0.3) is 0 Å². The summed E-state index contributed by atoms with van der Waals surface area (Å²) in [5.41, 5.74) is -0.359. The number of nitrogens with zero attached hydrogens (tertiary/aromatic N) is 1. The molecule has 11 heteroatoms. The zero-order chi connectivity index (χ0) is 18.2. The van der Waals surface area contributed by atoms with Crippen molar-refractivity contribution in [1.29, 1.82) is 0 Å². The maximum absolute atomic E-state index is 12.1. The van der Waals surface area contributed by atoms with Crippen LogP contribution in [0, 0.1) is 0 Å². The van der Waals surface area contributed by atoms with Crippen molar-refractivity contribution in [3.63, 3.8) is 0 Å². The number of sulfonamides is 1. The topological polar surface area (TPSA) is 91.8 Å². The molecule has 0 aromatic carbocycles. The Morgan fingerprint density at radius 2 is 2.00 bits per heavy atom. The third-order valence-corrected chi connectivity index (χ3v) is 6.22. The van der Waals surface area contributed by atoms with Crippen molar-refractivity contribution in [3.8, 4) is 0 Å². The Morgan fingerprint density at radius 1 is 1.32 bits per heavy atom. The van der Waals surface area contributed by atoms with Gasteiger partial charge in [-0.1, -0.05) is 11.6 Å². The number of methoxy groups -OCH3 is 1. The predicted octanol–water partition coefficient (Wildman–Crippen LogP) is 2.28. The molecule has 0 aliphatic rings. The highest BCUT2D eigenvalue weighted by Crippen LogP contribution is 2.25. The molecule has 25 heavy (non-hydrogen) atoms. The molecule has 0 spiro atoms. The minimum Gasteiger partial charge on any atom is -0.377 e. The van der Waals surface area contributed by atoms with E-state index in [2.05, 4.69) is 20.3 Å². The summed E-state index contributed by atoms with van der Waals surface area (Å²) < 4.78 is 32.6. The molecule has 1 rings (SSSR count). The molecule has 0 atom stereocenters. The Kier molecular flexibility index (Phi) is 11.5. The molecule has 0 amide bonds. The molecule has 0 unspecified atom stereocenters. The van der Waals surface area contributed by atoms with Crippen LogP contribution in [0.2, 0.25) is 4.34 Å². The molecule has 0 radical (unpaired) electrons. The lowest BCUT2D eigenvalue weighted by Crippen LogP contribution is -2.42.